The lowest BCUT2D eigenvalue weighted by molar-refractivity contribution is -0.129. The van der Waals surface area contributed by atoms with Gasteiger partial charge in [-0.1, -0.05) is 17.3 Å². The number of thioether (sulfide) groups is 1. The molecule has 1 fully saturated rings. The number of aryl methyl sites for hydroxylation is 1. The minimum Gasteiger partial charge on any atom is -0.497 e. The summed E-state index contributed by atoms with van der Waals surface area (Å²) in [7, 11) is 1.64. The van der Waals surface area contributed by atoms with Crippen LogP contribution in [-0.2, 0) is 9.59 Å². The van der Waals surface area contributed by atoms with Crippen LogP contribution in [0.5, 0.6) is 5.75 Å². The number of methoxy groups -OCH3 is 1. The molecule has 150 valence electrons. The molecule has 2 aromatic rings. The molecule has 0 spiro atoms. The highest BCUT2D eigenvalue weighted by atomic mass is 32.2. The number of likely N-dealkylation sites (tertiary alicyclic amines) is 1. The summed E-state index contributed by atoms with van der Waals surface area (Å²) in [5.74, 6) is 1.94. The highest BCUT2D eigenvalue weighted by Crippen LogP contribution is 2.33. The number of nitrogens with one attached hydrogen (secondary N) is 1. The first-order valence-electron chi connectivity index (χ1n) is 9.27. The molecule has 3 rings (SSSR count). The maximum Gasteiger partial charge on any atom is 0.238 e. The Balaban J connectivity index is 1.53. The number of carbonyl (C=O) groups excluding carboxylic acids is 2. The molecular formula is C20H25N3O4S. The van der Waals surface area contributed by atoms with Gasteiger partial charge in [0.05, 0.1) is 24.2 Å². The topological polar surface area (TPSA) is 84.7 Å². The van der Waals surface area contributed by atoms with Crippen LogP contribution >= 0.6 is 11.8 Å². The van der Waals surface area contributed by atoms with Gasteiger partial charge in [-0.3, -0.25) is 9.59 Å². The van der Waals surface area contributed by atoms with Crippen molar-refractivity contribution in [3.05, 3.63) is 41.7 Å². The van der Waals surface area contributed by atoms with Gasteiger partial charge in [0.2, 0.25) is 11.8 Å². The molecule has 1 aliphatic rings. The Hall–Kier alpha value is -2.48. The number of amides is 2. The van der Waals surface area contributed by atoms with Crippen LogP contribution in [0.15, 0.2) is 34.9 Å². The van der Waals surface area contributed by atoms with Crippen molar-refractivity contribution in [2.24, 2.45) is 0 Å². The minimum absolute atomic E-state index is 0.0558. The molecule has 0 radical (unpaired) electrons. The van der Waals surface area contributed by atoms with Crippen molar-refractivity contribution in [2.75, 3.05) is 24.7 Å². The molecule has 1 N–H and O–H groups in total. The number of carbonyl (C=O) groups is 2. The molecule has 2 amide bonds. The molecule has 2 atom stereocenters. The third-order valence-electron chi connectivity index (χ3n) is 4.78. The van der Waals surface area contributed by atoms with E-state index < -0.39 is 0 Å². The largest absolute Gasteiger partial charge is 0.497 e. The third-order valence-corrected chi connectivity index (χ3v) is 5.91. The smallest absolute Gasteiger partial charge is 0.238 e. The average molecular weight is 404 g/mol. The molecular weight excluding hydrogens is 378 g/mol. The lowest BCUT2D eigenvalue weighted by Gasteiger charge is -2.25. The van der Waals surface area contributed by atoms with E-state index in [-0.39, 0.29) is 28.9 Å². The van der Waals surface area contributed by atoms with E-state index in [2.05, 4.69) is 10.5 Å². The summed E-state index contributed by atoms with van der Waals surface area (Å²) in [6, 6.07) is 9.61. The third kappa shape index (κ3) is 4.86. The van der Waals surface area contributed by atoms with Crippen LogP contribution in [0.25, 0.3) is 0 Å². The lowest BCUT2D eigenvalue weighted by Crippen LogP contribution is -2.33. The average Bonchev–Trinajstić information content (AvgIpc) is 3.35. The maximum absolute atomic E-state index is 12.8. The maximum atomic E-state index is 12.8. The molecule has 2 unspecified atom stereocenters. The molecule has 0 saturated carbocycles. The van der Waals surface area contributed by atoms with E-state index in [1.54, 1.807) is 27.0 Å². The van der Waals surface area contributed by atoms with Crippen molar-refractivity contribution < 1.29 is 18.8 Å². The van der Waals surface area contributed by atoms with Gasteiger partial charge in [-0.2, -0.15) is 0 Å². The second-order valence-corrected chi connectivity index (χ2v) is 8.11. The van der Waals surface area contributed by atoms with E-state index >= 15 is 0 Å². The monoisotopic (exact) mass is 403 g/mol. The fourth-order valence-corrected chi connectivity index (χ4v) is 4.01. The standard InChI is InChI=1S/C20H25N3O4S/c1-13-11-18(22-27-13)21-20(25)14(2)28-12-19(24)23-10-4-5-17(23)15-6-8-16(26-3)9-7-15/h6-9,11,14,17H,4-5,10,12H2,1-3H3,(H,21,22,25). The van der Waals surface area contributed by atoms with E-state index in [0.717, 1.165) is 30.7 Å². The molecule has 0 aliphatic carbocycles. The zero-order chi connectivity index (χ0) is 20.1. The molecule has 2 heterocycles. The van der Waals surface area contributed by atoms with Crippen LogP contribution in [0.3, 0.4) is 0 Å². The van der Waals surface area contributed by atoms with Crippen molar-refractivity contribution in [1.29, 1.82) is 0 Å². The van der Waals surface area contributed by atoms with E-state index in [1.807, 2.05) is 29.2 Å². The summed E-state index contributed by atoms with van der Waals surface area (Å²) in [6.45, 7) is 4.29. The zero-order valence-corrected chi connectivity index (χ0v) is 17.1. The van der Waals surface area contributed by atoms with Gasteiger partial charge in [0.15, 0.2) is 5.82 Å². The van der Waals surface area contributed by atoms with Crippen molar-refractivity contribution in [3.63, 3.8) is 0 Å². The summed E-state index contributed by atoms with van der Waals surface area (Å²) in [4.78, 5) is 26.9. The highest BCUT2D eigenvalue weighted by molar-refractivity contribution is 8.01. The molecule has 0 bridgehead atoms. The van der Waals surface area contributed by atoms with Crippen LogP contribution in [0.2, 0.25) is 0 Å². The number of anilines is 1. The van der Waals surface area contributed by atoms with Gasteiger partial charge >= 0.3 is 0 Å². The Bertz CT molecular complexity index is 821. The number of hydrogen-bond acceptors (Lipinski definition) is 6. The van der Waals surface area contributed by atoms with E-state index in [0.29, 0.717) is 11.6 Å². The van der Waals surface area contributed by atoms with Gasteiger partial charge in [-0.25, -0.2) is 0 Å². The molecule has 1 aromatic heterocycles. The van der Waals surface area contributed by atoms with Crippen LogP contribution in [0.4, 0.5) is 5.82 Å². The van der Waals surface area contributed by atoms with Crippen LogP contribution in [0.1, 0.15) is 37.1 Å². The molecule has 7 nitrogen and oxygen atoms in total. The number of hydrogen-bond donors (Lipinski definition) is 1. The molecule has 1 aromatic carbocycles. The number of benzene rings is 1. The Morgan fingerprint density at radius 2 is 2.14 bits per heavy atom. The van der Waals surface area contributed by atoms with E-state index in [4.69, 9.17) is 9.26 Å². The normalized spacial score (nSPS) is 17.4. The quantitative estimate of drug-likeness (QED) is 0.763. The van der Waals surface area contributed by atoms with Crippen molar-refractivity contribution >= 4 is 29.4 Å². The number of aromatic nitrogens is 1. The fourth-order valence-electron chi connectivity index (χ4n) is 3.25. The minimum atomic E-state index is -0.372. The predicted octanol–water partition coefficient (Wildman–Crippen LogP) is 3.42. The molecule has 1 aliphatic heterocycles. The summed E-state index contributed by atoms with van der Waals surface area (Å²) in [6.07, 6.45) is 1.93. The molecule has 8 heteroatoms. The fraction of sp³-hybridized carbons (Fsp3) is 0.450. The Morgan fingerprint density at radius 3 is 2.79 bits per heavy atom. The van der Waals surface area contributed by atoms with E-state index in [9.17, 15) is 9.59 Å². The first kappa shape index (κ1) is 20.3. The van der Waals surface area contributed by atoms with Crippen molar-refractivity contribution in [1.82, 2.24) is 10.1 Å². The van der Waals surface area contributed by atoms with Gasteiger partial charge in [-0.05, 0) is 44.4 Å². The highest BCUT2D eigenvalue weighted by Gasteiger charge is 2.30. The first-order chi connectivity index (χ1) is 13.5. The Labute approximate surface area is 168 Å². The number of ether oxygens (including phenoxy) is 1. The summed E-state index contributed by atoms with van der Waals surface area (Å²) < 4.78 is 10.1. The Kier molecular flexibility index (Phi) is 6.61. The van der Waals surface area contributed by atoms with Crippen molar-refractivity contribution in [3.8, 4) is 5.75 Å². The predicted molar refractivity (Wildman–Crippen MR) is 108 cm³/mol. The van der Waals surface area contributed by atoms with Gasteiger partial charge in [0.1, 0.15) is 11.5 Å². The first-order valence-corrected chi connectivity index (χ1v) is 10.3. The van der Waals surface area contributed by atoms with Crippen LogP contribution < -0.4 is 10.1 Å². The van der Waals surface area contributed by atoms with Gasteiger partial charge in [0.25, 0.3) is 0 Å². The lowest BCUT2D eigenvalue weighted by atomic mass is 10.0. The molecule has 1 saturated heterocycles. The van der Waals surface area contributed by atoms with Crippen LogP contribution in [0, 0.1) is 6.92 Å². The van der Waals surface area contributed by atoms with Gasteiger partial charge in [-0.15, -0.1) is 11.8 Å². The second kappa shape index (κ2) is 9.14. The van der Waals surface area contributed by atoms with E-state index in [1.165, 1.54) is 11.8 Å². The summed E-state index contributed by atoms with van der Waals surface area (Å²) >= 11 is 1.33. The zero-order valence-electron chi connectivity index (χ0n) is 16.3. The number of nitrogens with zero attached hydrogens (tertiary/aromatic N) is 2. The van der Waals surface area contributed by atoms with Crippen molar-refractivity contribution in [2.45, 2.75) is 38.0 Å². The van der Waals surface area contributed by atoms with Crippen LogP contribution in [-0.4, -0.2) is 46.5 Å². The summed E-state index contributed by atoms with van der Waals surface area (Å²) in [5.41, 5.74) is 1.11. The summed E-state index contributed by atoms with van der Waals surface area (Å²) in [5, 5.41) is 6.08. The molecule has 28 heavy (non-hydrogen) atoms. The SMILES string of the molecule is COc1ccc(C2CCCN2C(=O)CSC(C)C(=O)Nc2cc(C)on2)cc1. The van der Waals surface area contributed by atoms with Gasteiger partial charge in [0, 0.05) is 12.6 Å². The second-order valence-electron chi connectivity index (χ2n) is 6.78. The number of rotatable bonds is 7. The van der Waals surface area contributed by atoms with Gasteiger partial charge < -0.3 is 19.5 Å². The Morgan fingerprint density at radius 1 is 1.39 bits per heavy atom.